The van der Waals surface area contributed by atoms with Gasteiger partial charge in [-0.2, -0.15) is 0 Å². The molecule has 3 N–H and O–H groups in total. The van der Waals surface area contributed by atoms with Crippen LogP contribution in [0.2, 0.25) is 0 Å². The first-order valence-electron chi connectivity index (χ1n) is 11.8. The number of benzene rings is 2. The molecule has 0 unspecified atom stereocenters. The summed E-state index contributed by atoms with van der Waals surface area (Å²) < 4.78 is 20.3. The molecule has 2 fully saturated rings. The Morgan fingerprint density at radius 1 is 0.912 bits per heavy atom. The molecule has 0 aromatic heterocycles. The molecular weight excluding hydrogens is 439 g/mol. The highest BCUT2D eigenvalue weighted by atomic mass is 19.1. The van der Waals surface area contributed by atoms with Crippen LogP contribution in [0.4, 0.5) is 4.39 Å². The quantitative estimate of drug-likeness (QED) is 0.485. The number of ether oxygens (including phenoxy) is 1. The van der Waals surface area contributed by atoms with Crippen LogP contribution in [0.25, 0.3) is 0 Å². The van der Waals surface area contributed by atoms with E-state index in [1.54, 1.807) is 6.07 Å². The number of carboxylic acids is 1. The van der Waals surface area contributed by atoms with Gasteiger partial charge in [0.2, 0.25) is 0 Å². The summed E-state index contributed by atoms with van der Waals surface area (Å²) in [6.07, 6.45) is 4.41. The van der Waals surface area contributed by atoms with E-state index in [0.717, 1.165) is 12.8 Å². The van der Waals surface area contributed by atoms with Crippen molar-refractivity contribution >= 4 is 17.8 Å². The molecule has 2 aromatic rings. The highest BCUT2D eigenvalue weighted by molar-refractivity contribution is 5.95. The van der Waals surface area contributed by atoms with Crippen LogP contribution in [-0.2, 0) is 4.79 Å². The SMILES string of the molecule is O=C(NCCNC(=O)c1ccc(O[C@H]2CC[C@@H](C(=O)O)CC2)cc1F)c1cccc(C2CC2)c1. The molecule has 0 atom stereocenters. The second-order valence-electron chi connectivity index (χ2n) is 8.98. The minimum atomic E-state index is -0.790. The Hall–Kier alpha value is -3.42. The summed E-state index contributed by atoms with van der Waals surface area (Å²) in [7, 11) is 0. The first kappa shape index (κ1) is 23.7. The van der Waals surface area contributed by atoms with Gasteiger partial charge in [-0.15, -0.1) is 0 Å². The van der Waals surface area contributed by atoms with Crippen LogP contribution >= 0.6 is 0 Å². The highest BCUT2D eigenvalue weighted by Gasteiger charge is 2.27. The number of carbonyl (C=O) groups is 3. The second kappa shape index (κ2) is 10.7. The Balaban J connectivity index is 1.21. The molecule has 0 heterocycles. The number of carboxylic acid groups (broad SMARTS) is 1. The topological polar surface area (TPSA) is 105 Å². The molecule has 2 aliphatic rings. The summed E-state index contributed by atoms with van der Waals surface area (Å²) in [6.45, 7) is 0.386. The van der Waals surface area contributed by atoms with Gasteiger partial charge in [0.05, 0.1) is 17.6 Å². The third kappa shape index (κ3) is 6.12. The van der Waals surface area contributed by atoms with Crippen LogP contribution in [0.3, 0.4) is 0 Å². The first-order valence-corrected chi connectivity index (χ1v) is 11.8. The molecule has 7 nitrogen and oxygen atoms in total. The van der Waals surface area contributed by atoms with Gasteiger partial charge in [0.1, 0.15) is 11.6 Å². The molecule has 34 heavy (non-hydrogen) atoms. The number of amides is 2. The molecule has 0 aliphatic heterocycles. The lowest BCUT2D eigenvalue weighted by Crippen LogP contribution is -2.35. The minimum Gasteiger partial charge on any atom is -0.490 e. The monoisotopic (exact) mass is 468 g/mol. The lowest BCUT2D eigenvalue weighted by atomic mass is 9.87. The van der Waals surface area contributed by atoms with E-state index in [2.05, 4.69) is 10.6 Å². The third-order valence-corrected chi connectivity index (χ3v) is 6.41. The molecule has 0 saturated heterocycles. The maximum atomic E-state index is 14.5. The van der Waals surface area contributed by atoms with Crippen LogP contribution in [0, 0.1) is 11.7 Å². The highest BCUT2D eigenvalue weighted by Crippen LogP contribution is 2.40. The third-order valence-electron chi connectivity index (χ3n) is 6.41. The summed E-state index contributed by atoms with van der Waals surface area (Å²) in [5.41, 5.74) is 1.66. The number of halogens is 1. The van der Waals surface area contributed by atoms with Gasteiger partial charge in [-0.1, -0.05) is 12.1 Å². The number of hydrogen-bond donors (Lipinski definition) is 3. The van der Waals surface area contributed by atoms with Crippen LogP contribution < -0.4 is 15.4 Å². The fraction of sp³-hybridized carbons (Fsp3) is 0.423. The maximum absolute atomic E-state index is 14.5. The average molecular weight is 469 g/mol. The molecule has 0 spiro atoms. The van der Waals surface area contributed by atoms with E-state index >= 15 is 0 Å². The van der Waals surface area contributed by atoms with E-state index < -0.39 is 17.7 Å². The fourth-order valence-electron chi connectivity index (χ4n) is 4.27. The van der Waals surface area contributed by atoms with Crippen molar-refractivity contribution in [2.75, 3.05) is 13.1 Å². The summed E-state index contributed by atoms with van der Waals surface area (Å²) in [5.74, 6) is -1.74. The smallest absolute Gasteiger partial charge is 0.306 e. The lowest BCUT2D eigenvalue weighted by molar-refractivity contribution is -0.143. The summed E-state index contributed by atoms with van der Waals surface area (Å²) in [6, 6.07) is 11.7. The number of carbonyl (C=O) groups excluding carboxylic acids is 2. The first-order chi connectivity index (χ1) is 16.4. The van der Waals surface area contributed by atoms with Crippen molar-refractivity contribution in [1.82, 2.24) is 10.6 Å². The largest absolute Gasteiger partial charge is 0.490 e. The second-order valence-corrected chi connectivity index (χ2v) is 8.98. The van der Waals surface area contributed by atoms with Gasteiger partial charge in [0, 0.05) is 24.7 Å². The van der Waals surface area contributed by atoms with Crippen LogP contribution in [-0.4, -0.2) is 42.1 Å². The summed E-state index contributed by atoms with van der Waals surface area (Å²) in [5, 5.41) is 14.5. The van der Waals surface area contributed by atoms with Crippen molar-refractivity contribution < 1.29 is 28.6 Å². The molecule has 180 valence electrons. The Labute approximate surface area is 197 Å². The number of rotatable bonds is 9. The van der Waals surface area contributed by atoms with Crippen LogP contribution in [0.1, 0.15) is 70.7 Å². The molecule has 2 saturated carbocycles. The van der Waals surface area contributed by atoms with Crippen molar-refractivity contribution in [1.29, 1.82) is 0 Å². The van der Waals surface area contributed by atoms with Gasteiger partial charge >= 0.3 is 5.97 Å². The summed E-state index contributed by atoms with van der Waals surface area (Å²) >= 11 is 0. The van der Waals surface area contributed by atoms with Gasteiger partial charge in [-0.25, -0.2) is 4.39 Å². The van der Waals surface area contributed by atoms with Crippen molar-refractivity contribution in [2.24, 2.45) is 5.92 Å². The van der Waals surface area contributed by atoms with Gasteiger partial charge in [0.15, 0.2) is 0 Å². The van der Waals surface area contributed by atoms with Gasteiger partial charge < -0.3 is 20.5 Å². The van der Waals surface area contributed by atoms with Crippen molar-refractivity contribution in [2.45, 2.75) is 50.5 Å². The predicted molar refractivity (Wildman–Crippen MR) is 123 cm³/mol. The molecule has 4 rings (SSSR count). The normalized spacial score (nSPS) is 19.8. The molecule has 8 heteroatoms. The average Bonchev–Trinajstić information content (AvgIpc) is 3.68. The number of nitrogens with one attached hydrogen (secondary N) is 2. The van der Waals surface area contributed by atoms with Gasteiger partial charge in [-0.3, -0.25) is 14.4 Å². The molecule has 2 amide bonds. The molecule has 0 radical (unpaired) electrons. The van der Waals surface area contributed by atoms with E-state index in [1.165, 1.54) is 23.8 Å². The Kier molecular flexibility index (Phi) is 7.45. The zero-order valence-electron chi connectivity index (χ0n) is 18.9. The molecular formula is C26H29FN2O5. The lowest BCUT2D eigenvalue weighted by Gasteiger charge is -2.26. The Morgan fingerprint density at radius 2 is 1.62 bits per heavy atom. The standard InChI is InChI=1S/C26H29FN2O5/c27-23-15-21(34-20-8-6-17(7-9-20)26(32)33)10-11-22(23)25(31)29-13-12-28-24(30)19-3-1-2-18(14-19)16-4-5-16/h1-3,10-11,14-17,20H,4-9,12-13H2,(H,28,30)(H,29,31)(H,32,33)/t17-,20+. The van der Waals surface area contributed by atoms with E-state index in [-0.39, 0.29) is 36.6 Å². The zero-order valence-corrected chi connectivity index (χ0v) is 18.9. The number of hydrogen-bond acceptors (Lipinski definition) is 4. The Bertz CT molecular complexity index is 1060. The molecule has 2 aromatic carbocycles. The summed E-state index contributed by atoms with van der Waals surface area (Å²) in [4.78, 5) is 35.7. The van der Waals surface area contributed by atoms with Gasteiger partial charge in [0.25, 0.3) is 11.8 Å². The maximum Gasteiger partial charge on any atom is 0.306 e. The van der Waals surface area contributed by atoms with E-state index in [1.807, 2.05) is 18.2 Å². The van der Waals surface area contributed by atoms with E-state index in [4.69, 9.17) is 9.84 Å². The zero-order chi connectivity index (χ0) is 24.1. The fourth-order valence-corrected chi connectivity index (χ4v) is 4.27. The van der Waals surface area contributed by atoms with Crippen LogP contribution in [0.5, 0.6) is 5.75 Å². The molecule has 0 bridgehead atoms. The van der Waals surface area contributed by atoms with Crippen molar-refractivity contribution in [3.8, 4) is 5.75 Å². The van der Waals surface area contributed by atoms with Crippen LogP contribution in [0.15, 0.2) is 42.5 Å². The predicted octanol–water partition coefficient (Wildman–Crippen LogP) is 3.89. The van der Waals surface area contributed by atoms with Gasteiger partial charge in [-0.05, 0) is 74.3 Å². The van der Waals surface area contributed by atoms with E-state index in [9.17, 15) is 18.8 Å². The Morgan fingerprint density at radius 3 is 2.26 bits per heavy atom. The number of aliphatic carboxylic acids is 1. The minimum absolute atomic E-state index is 0.106. The molecule has 2 aliphatic carbocycles. The van der Waals surface area contributed by atoms with Crippen molar-refractivity contribution in [3.63, 3.8) is 0 Å². The van der Waals surface area contributed by atoms with Crippen molar-refractivity contribution in [3.05, 3.63) is 65.0 Å². The van der Waals surface area contributed by atoms with E-state index in [0.29, 0.717) is 42.9 Å².